The third-order valence-electron chi connectivity index (χ3n) is 4.98. The number of halogens is 5. The second-order valence-electron chi connectivity index (χ2n) is 7.57. The predicted molar refractivity (Wildman–Crippen MR) is 119 cm³/mol. The molecule has 32 heavy (non-hydrogen) atoms. The van der Waals surface area contributed by atoms with Crippen molar-refractivity contribution in [1.29, 1.82) is 0 Å². The first-order valence-corrected chi connectivity index (χ1v) is 10.9. The lowest BCUT2D eigenvalue weighted by Crippen LogP contribution is -3.00. The van der Waals surface area contributed by atoms with Crippen molar-refractivity contribution in [3.63, 3.8) is 0 Å². The lowest BCUT2D eigenvalue weighted by atomic mass is 10.1. The number of carbonyl (C=O) groups excluding carboxylic acids is 1. The van der Waals surface area contributed by atoms with E-state index in [1.165, 1.54) is 0 Å². The van der Waals surface area contributed by atoms with E-state index < -0.39 is 17.6 Å². The van der Waals surface area contributed by atoms with Crippen LogP contribution in [0.5, 0.6) is 0 Å². The SMILES string of the molecule is CC(C)(C(=O)[O-])n1cc[n+](CC(OCc2ccc(Cl)cc2Cl)c2ccc(Cl)cc2Cl)c1.[Cl-]. The Labute approximate surface area is 212 Å². The van der Waals surface area contributed by atoms with Gasteiger partial charge in [0.1, 0.15) is 30.6 Å². The minimum absolute atomic E-state index is 0. The third kappa shape index (κ3) is 6.31. The summed E-state index contributed by atoms with van der Waals surface area (Å²) in [7, 11) is 0. The van der Waals surface area contributed by atoms with Gasteiger partial charge in [0.25, 0.3) is 0 Å². The number of carboxylic acid groups (broad SMARTS) is 1. The number of nitrogens with zero attached hydrogens (tertiary/aromatic N) is 2. The molecule has 0 bridgehead atoms. The van der Waals surface area contributed by atoms with Gasteiger partial charge in [-0.1, -0.05) is 58.5 Å². The van der Waals surface area contributed by atoms with Crippen LogP contribution in [-0.4, -0.2) is 10.5 Å². The van der Waals surface area contributed by atoms with Gasteiger partial charge in [-0.15, -0.1) is 0 Å². The zero-order valence-electron chi connectivity index (χ0n) is 17.2. The van der Waals surface area contributed by atoms with Gasteiger partial charge in [-0.25, -0.2) is 9.13 Å². The quantitative estimate of drug-likeness (QED) is 0.412. The maximum atomic E-state index is 11.4. The zero-order chi connectivity index (χ0) is 22.8. The normalized spacial score (nSPS) is 12.3. The molecule has 0 radical (unpaired) electrons. The van der Waals surface area contributed by atoms with Crippen molar-refractivity contribution in [3.8, 4) is 0 Å². The monoisotopic (exact) mass is 535 g/mol. The Morgan fingerprint density at radius 1 is 1.09 bits per heavy atom. The number of hydrogen-bond donors (Lipinski definition) is 0. The van der Waals surface area contributed by atoms with Crippen LogP contribution in [-0.2, 0) is 28.2 Å². The maximum absolute atomic E-state index is 11.4. The van der Waals surface area contributed by atoms with Crippen LogP contribution in [0.3, 0.4) is 0 Å². The maximum Gasteiger partial charge on any atom is 0.244 e. The van der Waals surface area contributed by atoms with Crippen LogP contribution >= 0.6 is 46.4 Å². The number of benzene rings is 2. The largest absolute Gasteiger partial charge is 1.00 e. The molecule has 0 aliphatic carbocycles. The van der Waals surface area contributed by atoms with E-state index in [4.69, 9.17) is 51.1 Å². The van der Waals surface area contributed by atoms with Crippen LogP contribution in [0.2, 0.25) is 20.1 Å². The van der Waals surface area contributed by atoms with E-state index in [-0.39, 0.29) is 19.0 Å². The molecular weight excluding hydrogens is 518 g/mol. The molecule has 0 aliphatic heterocycles. The second kappa shape index (κ2) is 11.1. The van der Waals surface area contributed by atoms with E-state index in [0.717, 1.165) is 11.1 Å². The molecule has 0 N–H and O–H groups in total. The Morgan fingerprint density at radius 2 is 1.72 bits per heavy atom. The molecule has 5 nitrogen and oxygen atoms in total. The van der Waals surface area contributed by atoms with Crippen molar-refractivity contribution in [2.45, 2.75) is 38.6 Å². The van der Waals surface area contributed by atoms with Crippen LogP contribution in [0.4, 0.5) is 0 Å². The van der Waals surface area contributed by atoms with E-state index in [1.807, 2.05) is 10.6 Å². The highest BCUT2D eigenvalue weighted by Gasteiger charge is 2.28. The van der Waals surface area contributed by atoms with Crippen LogP contribution in [0, 0.1) is 0 Å². The van der Waals surface area contributed by atoms with Gasteiger partial charge in [0.05, 0.1) is 12.6 Å². The molecule has 3 rings (SSSR count). The number of carbonyl (C=O) groups is 1. The van der Waals surface area contributed by atoms with E-state index in [9.17, 15) is 9.90 Å². The molecule has 0 saturated heterocycles. The number of aromatic nitrogens is 2. The van der Waals surface area contributed by atoms with Crippen LogP contribution in [0.25, 0.3) is 0 Å². The summed E-state index contributed by atoms with van der Waals surface area (Å²) in [6.07, 6.45) is 4.67. The summed E-state index contributed by atoms with van der Waals surface area (Å²) in [6.45, 7) is 3.74. The highest BCUT2D eigenvalue weighted by molar-refractivity contribution is 6.35. The molecule has 0 aliphatic rings. The molecule has 10 heteroatoms. The van der Waals surface area contributed by atoms with E-state index in [0.29, 0.717) is 26.6 Å². The molecular formula is C22H20Cl5N2O3-. The predicted octanol–water partition coefficient (Wildman–Crippen LogP) is 1.84. The summed E-state index contributed by atoms with van der Waals surface area (Å²) in [6, 6.07) is 10.4. The smallest absolute Gasteiger partial charge is 0.244 e. The van der Waals surface area contributed by atoms with E-state index in [1.54, 1.807) is 67.5 Å². The third-order valence-corrected chi connectivity index (χ3v) is 6.13. The van der Waals surface area contributed by atoms with Crippen LogP contribution in [0.15, 0.2) is 55.1 Å². The summed E-state index contributed by atoms with van der Waals surface area (Å²) in [5.41, 5.74) is 0.327. The van der Waals surface area contributed by atoms with Gasteiger partial charge in [-0.05, 0) is 43.7 Å². The molecule has 172 valence electrons. The minimum Gasteiger partial charge on any atom is -1.00 e. The van der Waals surface area contributed by atoms with Crippen LogP contribution < -0.4 is 22.1 Å². The second-order valence-corrected chi connectivity index (χ2v) is 9.25. The Bertz CT molecular complexity index is 1100. The molecule has 2 aromatic carbocycles. The van der Waals surface area contributed by atoms with Gasteiger partial charge in [-0.3, -0.25) is 0 Å². The van der Waals surface area contributed by atoms with Gasteiger partial charge >= 0.3 is 0 Å². The average Bonchev–Trinajstić information content (AvgIpc) is 3.16. The van der Waals surface area contributed by atoms with Crippen molar-refractivity contribution in [2.24, 2.45) is 0 Å². The summed E-state index contributed by atoms with van der Waals surface area (Å²) in [5, 5.41) is 13.5. The van der Waals surface area contributed by atoms with Gasteiger partial charge in [0, 0.05) is 25.7 Å². The fourth-order valence-electron chi connectivity index (χ4n) is 2.96. The number of imidazole rings is 1. The first kappa shape index (κ1) is 26.8. The van der Waals surface area contributed by atoms with Gasteiger partial charge < -0.3 is 27.0 Å². The lowest BCUT2D eigenvalue weighted by molar-refractivity contribution is -0.705. The molecule has 1 heterocycles. The van der Waals surface area contributed by atoms with Crippen molar-refractivity contribution in [3.05, 3.63) is 86.3 Å². The molecule has 0 saturated carbocycles. The molecule has 3 aromatic rings. The van der Waals surface area contributed by atoms with Crippen molar-refractivity contribution < 1.29 is 31.6 Å². The standard InChI is InChI=1S/C22H20Cl4N2O3.ClH/c1-22(2,21(29)30)28-8-7-27(13-28)11-20(17-6-5-16(24)10-19(17)26)31-12-14-3-4-15(23)9-18(14)25;/h3-10,13,20H,11-12H2,1-2H3;1H/p-1. The summed E-state index contributed by atoms with van der Waals surface area (Å²) in [5.74, 6) is -1.18. The van der Waals surface area contributed by atoms with E-state index in [2.05, 4.69) is 0 Å². The topological polar surface area (TPSA) is 58.2 Å². The number of aliphatic carboxylic acids is 1. The minimum atomic E-state index is -1.20. The summed E-state index contributed by atoms with van der Waals surface area (Å²) in [4.78, 5) is 11.4. The molecule has 1 atom stereocenters. The Hall–Kier alpha value is -1.47. The number of hydrogen-bond acceptors (Lipinski definition) is 3. The highest BCUT2D eigenvalue weighted by Crippen LogP contribution is 2.31. The Morgan fingerprint density at radius 3 is 2.31 bits per heavy atom. The summed E-state index contributed by atoms with van der Waals surface area (Å²) < 4.78 is 9.58. The van der Waals surface area contributed by atoms with Crippen molar-refractivity contribution in [1.82, 2.24) is 4.57 Å². The Kier molecular flexibility index (Phi) is 9.29. The van der Waals surface area contributed by atoms with Crippen LogP contribution in [0.1, 0.15) is 31.1 Å². The summed E-state index contributed by atoms with van der Waals surface area (Å²) >= 11 is 24.7. The molecule has 0 spiro atoms. The Balaban J connectivity index is 0.00000363. The van der Waals surface area contributed by atoms with Gasteiger partial charge in [0.15, 0.2) is 0 Å². The lowest BCUT2D eigenvalue weighted by Gasteiger charge is -2.22. The van der Waals surface area contributed by atoms with E-state index >= 15 is 0 Å². The number of carboxylic acids is 1. The highest BCUT2D eigenvalue weighted by atomic mass is 35.5. The van der Waals surface area contributed by atoms with Gasteiger partial charge in [0.2, 0.25) is 6.33 Å². The first-order chi connectivity index (χ1) is 14.6. The van der Waals surface area contributed by atoms with Crippen molar-refractivity contribution in [2.75, 3.05) is 0 Å². The average molecular weight is 538 g/mol. The molecule has 1 aromatic heterocycles. The number of rotatable bonds is 8. The van der Waals surface area contributed by atoms with Gasteiger partial charge in [-0.2, -0.15) is 0 Å². The number of ether oxygens (including phenoxy) is 1. The fraction of sp³-hybridized carbons (Fsp3) is 0.273. The fourth-order valence-corrected chi connectivity index (χ4v) is 3.96. The molecule has 1 unspecified atom stereocenters. The van der Waals surface area contributed by atoms with Crippen molar-refractivity contribution >= 4 is 52.4 Å². The molecule has 0 fully saturated rings. The molecule has 0 amide bonds. The first-order valence-electron chi connectivity index (χ1n) is 9.37. The zero-order valence-corrected chi connectivity index (χ0v) is 21.0.